The highest BCUT2D eigenvalue weighted by Crippen LogP contribution is 2.23. The molecule has 0 fully saturated rings. The van der Waals surface area contributed by atoms with Crippen LogP contribution in [0.3, 0.4) is 0 Å². The van der Waals surface area contributed by atoms with Crippen molar-refractivity contribution < 1.29 is 14.3 Å². The summed E-state index contributed by atoms with van der Waals surface area (Å²) in [6.07, 6.45) is 4.09. The fraction of sp³-hybridized carbons (Fsp3) is 0.174. The third kappa shape index (κ3) is 4.25. The summed E-state index contributed by atoms with van der Waals surface area (Å²) in [7, 11) is 1.52. The third-order valence-electron chi connectivity index (χ3n) is 4.60. The average Bonchev–Trinajstić information content (AvgIpc) is 3.24. The molecule has 7 heteroatoms. The SMILES string of the molecule is COc1cn(-c2ccccc2)nc1C(=O)NCCCOc1cccc2cccnc12. The van der Waals surface area contributed by atoms with Gasteiger partial charge in [0.2, 0.25) is 0 Å². The number of methoxy groups -OCH3 is 1. The Kier molecular flexibility index (Phi) is 5.89. The molecule has 2 aromatic carbocycles. The maximum absolute atomic E-state index is 12.6. The zero-order valence-electron chi connectivity index (χ0n) is 16.6. The van der Waals surface area contributed by atoms with Gasteiger partial charge in [0.1, 0.15) is 11.3 Å². The molecule has 0 atom stereocenters. The average molecular weight is 402 g/mol. The first-order valence-corrected chi connectivity index (χ1v) is 9.70. The summed E-state index contributed by atoms with van der Waals surface area (Å²) >= 11 is 0. The Bertz CT molecular complexity index is 1140. The van der Waals surface area contributed by atoms with Gasteiger partial charge in [-0.1, -0.05) is 36.4 Å². The lowest BCUT2D eigenvalue weighted by atomic mass is 10.2. The van der Waals surface area contributed by atoms with Gasteiger partial charge >= 0.3 is 0 Å². The summed E-state index contributed by atoms with van der Waals surface area (Å²) in [4.78, 5) is 16.9. The third-order valence-corrected chi connectivity index (χ3v) is 4.60. The van der Waals surface area contributed by atoms with Crippen molar-refractivity contribution in [3.05, 3.63) is 78.8 Å². The minimum absolute atomic E-state index is 0.250. The number of fused-ring (bicyclic) bond motifs is 1. The van der Waals surface area contributed by atoms with Gasteiger partial charge in [-0.05, 0) is 30.7 Å². The molecular weight excluding hydrogens is 380 g/mol. The van der Waals surface area contributed by atoms with Gasteiger partial charge in [-0.2, -0.15) is 5.10 Å². The first-order chi connectivity index (χ1) is 14.8. The summed E-state index contributed by atoms with van der Waals surface area (Å²) < 4.78 is 12.8. The van der Waals surface area contributed by atoms with Crippen LogP contribution < -0.4 is 14.8 Å². The molecule has 4 aromatic rings. The molecule has 0 unspecified atom stereocenters. The highest BCUT2D eigenvalue weighted by atomic mass is 16.5. The van der Waals surface area contributed by atoms with Gasteiger partial charge in [-0.15, -0.1) is 0 Å². The molecule has 152 valence electrons. The molecule has 1 amide bonds. The molecule has 2 heterocycles. The molecule has 0 saturated carbocycles. The number of carbonyl (C=O) groups is 1. The molecule has 7 nitrogen and oxygen atoms in total. The number of nitrogens with zero attached hydrogens (tertiary/aromatic N) is 3. The van der Waals surface area contributed by atoms with E-state index in [2.05, 4.69) is 15.4 Å². The van der Waals surface area contributed by atoms with E-state index in [0.717, 1.165) is 22.3 Å². The number of pyridine rings is 1. The normalized spacial score (nSPS) is 10.7. The van der Waals surface area contributed by atoms with Gasteiger partial charge in [-0.3, -0.25) is 9.78 Å². The lowest BCUT2D eigenvalue weighted by Gasteiger charge is -2.09. The molecule has 0 aliphatic carbocycles. The molecule has 0 saturated heterocycles. The van der Waals surface area contributed by atoms with Crippen LogP contribution in [0.15, 0.2) is 73.1 Å². The quantitative estimate of drug-likeness (QED) is 0.456. The molecule has 0 bridgehead atoms. The van der Waals surface area contributed by atoms with Gasteiger partial charge < -0.3 is 14.8 Å². The number of benzene rings is 2. The Hall–Kier alpha value is -3.87. The molecule has 0 spiro atoms. The van der Waals surface area contributed by atoms with Gasteiger partial charge in [0.15, 0.2) is 11.4 Å². The number of rotatable bonds is 8. The fourth-order valence-electron chi connectivity index (χ4n) is 3.11. The van der Waals surface area contributed by atoms with E-state index in [-0.39, 0.29) is 11.6 Å². The predicted octanol–water partition coefficient (Wildman–Crippen LogP) is 3.63. The largest absolute Gasteiger partial charge is 0.493 e. The van der Waals surface area contributed by atoms with Crippen molar-refractivity contribution in [2.75, 3.05) is 20.3 Å². The van der Waals surface area contributed by atoms with Crippen molar-refractivity contribution >= 4 is 16.8 Å². The van der Waals surface area contributed by atoms with E-state index < -0.39 is 0 Å². The Morgan fingerprint density at radius 3 is 2.70 bits per heavy atom. The van der Waals surface area contributed by atoms with Crippen molar-refractivity contribution in [3.8, 4) is 17.2 Å². The van der Waals surface area contributed by atoms with Crippen LogP contribution in [-0.4, -0.2) is 40.9 Å². The molecule has 0 aliphatic rings. The van der Waals surface area contributed by atoms with E-state index in [1.54, 1.807) is 17.1 Å². The van der Waals surface area contributed by atoms with Crippen molar-refractivity contribution in [2.45, 2.75) is 6.42 Å². The van der Waals surface area contributed by atoms with Gasteiger partial charge in [0.25, 0.3) is 5.91 Å². The van der Waals surface area contributed by atoms with Crippen LogP contribution in [0.4, 0.5) is 0 Å². The minimum atomic E-state index is -0.284. The standard InChI is InChI=1S/C23H22N4O3/c1-29-20-16-27(18-10-3-2-4-11-18)26-22(20)23(28)25-14-7-15-30-19-12-5-8-17-9-6-13-24-21(17)19/h2-6,8-13,16H,7,14-15H2,1H3,(H,25,28). The number of carbonyl (C=O) groups excluding carboxylic acids is 1. The van der Waals surface area contributed by atoms with E-state index in [1.807, 2.05) is 60.7 Å². The van der Waals surface area contributed by atoms with Crippen LogP contribution in [0.25, 0.3) is 16.6 Å². The minimum Gasteiger partial charge on any atom is -0.493 e. The number of nitrogens with one attached hydrogen (secondary N) is 1. The number of amides is 1. The zero-order valence-corrected chi connectivity index (χ0v) is 16.6. The van der Waals surface area contributed by atoms with E-state index in [0.29, 0.717) is 25.3 Å². The summed E-state index contributed by atoms with van der Waals surface area (Å²) in [5.74, 6) is 0.880. The molecule has 1 N–H and O–H groups in total. The number of ether oxygens (including phenoxy) is 2. The summed E-state index contributed by atoms with van der Waals surface area (Å²) in [5, 5.41) is 8.28. The smallest absolute Gasteiger partial charge is 0.275 e. The first kappa shape index (κ1) is 19.4. The number of hydrogen-bond acceptors (Lipinski definition) is 5. The summed E-state index contributed by atoms with van der Waals surface area (Å²) in [6.45, 7) is 0.921. The maximum Gasteiger partial charge on any atom is 0.275 e. The van der Waals surface area contributed by atoms with E-state index in [1.165, 1.54) is 7.11 Å². The molecule has 2 aromatic heterocycles. The summed E-state index contributed by atoms with van der Waals surface area (Å²) in [5.41, 5.74) is 1.94. The number of para-hydroxylation sites is 2. The Morgan fingerprint density at radius 1 is 1.03 bits per heavy atom. The Morgan fingerprint density at radius 2 is 1.87 bits per heavy atom. The fourth-order valence-corrected chi connectivity index (χ4v) is 3.11. The Balaban J connectivity index is 1.32. The van der Waals surface area contributed by atoms with Crippen molar-refractivity contribution in [2.24, 2.45) is 0 Å². The lowest BCUT2D eigenvalue weighted by molar-refractivity contribution is 0.0943. The molecule has 0 aliphatic heterocycles. The second kappa shape index (κ2) is 9.09. The maximum atomic E-state index is 12.6. The highest BCUT2D eigenvalue weighted by Gasteiger charge is 2.18. The zero-order chi connectivity index (χ0) is 20.8. The van der Waals surface area contributed by atoms with Gasteiger partial charge in [0.05, 0.1) is 25.6 Å². The second-order valence-electron chi connectivity index (χ2n) is 6.62. The van der Waals surface area contributed by atoms with Gasteiger partial charge in [-0.25, -0.2) is 4.68 Å². The van der Waals surface area contributed by atoms with Crippen LogP contribution in [0.5, 0.6) is 11.5 Å². The number of hydrogen-bond donors (Lipinski definition) is 1. The van der Waals surface area contributed by atoms with Crippen molar-refractivity contribution in [1.82, 2.24) is 20.1 Å². The Labute approximate surface area is 174 Å². The topological polar surface area (TPSA) is 78.3 Å². The van der Waals surface area contributed by atoms with Crippen LogP contribution in [0, 0.1) is 0 Å². The molecule has 30 heavy (non-hydrogen) atoms. The summed E-state index contributed by atoms with van der Waals surface area (Å²) in [6, 6.07) is 19.3. The van der Waals surface area contributed by atoms with Crippen LogP contribution >= 0.6 is 0 Å². The van der Waals surface area contributed by atoms with Crippen LogP contribution in [0.1, 0.15) is 16.9 Å². The van der Waals surface area contributed by atoms with Crippen molar-refractivity contribution in [3.63, 3.8) is 0 Å². The van der Waals surface area contributed by atoms with E-state index >= 15 is 0 Å². The van der Waals surface area contributed by atoms with E-state index in [9.17, 15) is 4.79 Å². The monoisotopic (exact) mass is 402 g/mol. The van der Waals surface area contributed by atoms with E-state index in [4.69, 9.17) is 9.47 Å². The molecule has 0 radical (unpaired) electrons. The molecular formula is C23H22N4O3. The number of aromatic nitrogens is 3. The van der Waals surface area contributed by atoms with Crippen LogP contribution in [0.2, 0.25) is 0 Å². The van der Waals surface area contributed by atoms with Crippen molar-refractivity contribution in [1.29, 1.82) is 0 Å². The highest BCUT2D eigenvalue weighted by molar-refractivity contribution is 5.94. The second-order valence-corrected chi connectivity index (χ2v) is 6.62. The predicted molar refractivity (Wildman–Crippen MR) is 114 cm³/mol. The van der Waals surface area contributed by atoms with Gasteiger partial charge in [0, 0.05) is 18.1 Å². The first-order valence-electron chi connectivity index (χ1n) is 9.70. The lowest BCUT2D eigenvalue weighted by Crippen LogP contribution is -2.26. The van der Waals surface area contributed by atoms with Crippen LogP contribution in [-0.2, 0) is 0 Å². The molecule has 4 rings (SSSR count).